The summed E-state index contributed by atoms with van der Waals surface area (Å²) in [5, 5.41) is 5.68. The predicted molar refractivity (Wildman–Crippen MR) is 81.5 cm³/mol. The molecule has 19 heavy (non-hydrogen) atoms. The normalized spacial score (nSPS) is 15.8. The molecule has 0 N–H and O–H groups in total. The van der Waals surface area contributed by atoms with Gasteiger partial charge in [-0.2, -0.15) is 0 Å². The van der Waals surface area contributed by atoms with Crippen molar-refractivity contribution in [1.29, 1.82) is 0 Å². The highest BCUT2D eigenvalue weighted by Crippen LogP contribution is 2.35. The highest BCUT2D eigenvalue weighted by molar-refractivity contribution is 6.10. The molecule has 0 radical (unpaired) electrons. The van der Waals surface area contributed by atoms with Crippen LogP contribution in [0.3, 0.4) is 0 Å². The zero-order chi connectivity index (χ0) is 12.8. The van der Waals surface area contributed by atoms with E-state index in [2.05, 4.69) is 60.5 Å². The first kappa shape index (κ1) is 11.0. The Morgan fingerprint density at radius 3 is 1.89 bits per heavy atom. The van der Waals surface area contributed by atoms with E-state index < -0.39 is 0 Å². The Bertz CT molecular complexity index is 773. The average Bonchev–Trinajstić information content (AvgIpc) is 2.47. The Morgan fingerprint density at radius 1 is 0.737 bits per heavy atom. The summed E-state index contributed by atoms with van der Waals surface area (Å²) in [5.74, 6) is 0. The number of hydrogen-bond acceptors (Lipinski definition) is 1. The molecule has 4 rings (SSSR count). The molecule has 3 aromatic rings. The van der Waals surface area contributed by atoms with Gasteiger partial charge in [-0.25, -0.2) is 0 Å². The van der Waals surface area contributed by atoms with Crippen molar-refractivity contribution in [3.05, 3.63) is 59.7 Å². The molecular weight excluding hydrogens is 230 g/mol. The highest BCUT2D eigenvalue weighted by atomic mass is 15.1. The third-order valence-corrected chi connectivity index (χ3v) is 4.33. The summed E-state index contributed by atoms with van der Waals surface area (Å²) >= 11 is 0. The third kappa shape index (κ3) is 1.58. The molecule has 1 heterocycles. The monoisotopic (exact) mass is 247 g/mol. The van der Waals surface area contributed by atoms with Crippen LogP contribution in [0.2, 0.25) is 0 Å². The van der Waals surface area contributed by atoms with Gasteiger partial charge < -0.3 is 4.90 Å². The lowest BCUT2D eigenvalue weighted by molar-refractivity contribution is 0.315. The molecule has 1 aliphatic rings. The first-order valence-corrected chi connectivity index (χ1v) is 6.94. The topological polar surface area (TPSA) is 3.24 Å². The maximum absolute atomic E-state index is 2.42. The van der Waals surface area contributed by atoms with Crippen molar-refractivity contribution in [2.24, 2.45) is 0 Å². The lowest BCUT2D eigenvalue weighted by Crippen LogP contribution is -2.26. The van der Waals surface area contributed by atoms with Gasteiger partial charge in [-0.1, -0.05) is 48.5 Å². The Morgan fingerprint density at radius 2 is 1.26 bits per heavy atom. The molecule has 0 aliphatic carbocycles. The fourth-order valence-corrected chi connectivity index (χ4v) is 3.41. The molecule has 1 aliphatic heterocycles. The lowest BCUT2D eigenvalue weighted by atomic mass is 9.88. The zero-order valence-corrected chi connectivity index (χ0v) is 11.2. The molecule has 0 bridgehead atoms. The molecule has 0 spiro atoms. The van der Waals surface area contributed by atoms with Gasteiger partial charge in [-0.05, 0) is 46.1 Å². The molecule has 1 heteroatoms. The number of hydrogen-bond donors (Lipinski definition) is 0. The fourth-order valence-electron chi connectivity index (χ4n) is 3.41. The van der Waals surface area contributed by atoms with Crippen LogP contribution in [0.25, 0.3) is 21.5 Å². The lowest BCUT2D eigenvalue weighted by Gasteiger charge is -2.28. The van der Waals surface area contributed by atoms with E-state index in [1.165, 1.54) is 27.1 Å². The maximum atomic E-state index is 2.42. The molecule has 0 saturated carbocycles. The number of rotatable bonds is 0. The van der Waals surface area contributed by atoms with Crippen LogP contribution in [-0.2, 0) is 13.0 Å². The number of likely N-dealkylation sites (N-methyl/N-ethyl adjacent to an activating group) is 1. The first-order chi connectivity index (χ1) is 9.34. The Labute approximate surface area is 113 Å². The molecule has 0 amide bonds. The van der Waals surface area contributed by atoms with Gasteiger partial charge in [0.1, 0.15) is 0 Å². The van der Waals surface area contributed by atoms with Gasteiger partial charge in [0.15, 0.2) is 0 Å². The number of nitrogens with zero attached hydrogens (tertiary/aromatic N) is 1. The second-order valence-corrected chi connectivity index (χ2v) is 5.54. The van der Waals surface area contributed by atoms with Crippen molar-refractivity contribution in [2.75, 3.05) is 13.6 Å². The molecule has 0 unspecified atom stereocenters. The second kappa shape index (κ2) is 4.07. The molecule has 1 nitrogen and oxygen atoms in total. The van der Waals surface area contributed by atoms with Crippen molar-refractivity contribution < 1.29 is 0 Å². The van der Waals surface area contributed by atoms with E-state index >= 15 is 0 Å². The minimum absolute atomic E-state index is 1.07. The Balaban J connectivity index is 2.22. The van der Waals surface area contributed by atoms with Gasteiger partial charge in [0, 0.05) is 13.1 Å². The van der Waals surface area contributed by atoms with E-state index in [0.717, 1.165) is 19.5 Å². The Kier molecular flexibility index (Phi) is 2.36. The molecule has 3 aromatic carbocycles. The predicted octanol–water partition coefficient (Wildman–Crippen LogP) is 3.98. The quantitative estimate of drug-likeness (QED) is 0.543. The van der Waals surface area contributed by atoms with E-state index in [1.807, 2.05) is 0 Å². The van der Waals surface area contributed by atoms with Crippen LogP contribution in [0.5, 0.6) is 0 Å². The van der Waals surface area contributed by atoms with Crippen molar-refractivity contribution in [3.63, 3.8) is 0 Å². The van der Waals surface area contributed by atoms with Crippen LogP contribution in [0.4, 0.5) is 0 Å². The van der Waals surface area contributed by atoms with Gasteiger partial charge in [-0.3, -0.25) is 0 Å². The number of benzene rings is 3. The van der Waals surface area contributed by atoms with Crippen molar-refractivity contribution in [3.8, 4) is 0 Å². The number of fused-ring (bicyclic) bond motifs is 6. The van der Waals surface area contributed by atoms with Crippen molar-refractivity contribution in [2.45, 2.75) is 13.0 Å². The fraction of sp³-hybridized carbons (Fsp3) is 0.222. The largest absolute Gasteiger partial charge is 0.302 e. The minimum atomic E-state index is 1.07. The van der Waals surface area contributed by atoms with Gasteiger partial charge in [0.25, 0.3) is 0 Å². The molecule has 0 fully saturated rings. The molecular formula is C18H17N. The van der Waals surface area contributed by atoms with Crippen LogP contribution >= 0.6 is 0 Å². The zero-order valence-electron chi connectivity index (χ0n) is 11.2. The van der Waals surface area contributed by atoms with Crippen molar-refractivity contribution in [1.82, 2.24) is 4.90 Å². The standard InChI is InChI=1S/C18H17N/c1-19-11-10-17-15-8-3-2-6-13(15)14-7-4-5-9-16(14)18(17)12-19/h2-9H,10-12H2,1H3. The van der Waals surface area contributed by atoms with Crippen LogP contribution in [0.15, 0.2) is 48.5 Å². The molecule has 0 atom stereocenters. The van der Waals surface area contributed by atoms with Gasteiger partial charge in [0.05, 0.1) is 0 Å². The van der Waals surface area contributed by atoms with Gasteiger partial charge in [-0.15, -0.1) is 0 Å². The van der Waals surface area contributed by atoms with Crippen LogP contribution < -0.4 is 0 Å². The summed E-state index contributed by atoms with van der Waals surface area (Å²) in [5.41, 5.74) is 3.09. The molecule has 0 saturated heterocycles. The summed E-state index contributed by atoms with van der Waals surface area (Å²) < 4.78 is 0. The third-order valence-electron chi connectivity index (χ3n) is 4.33. The maximum Gasteiger partial charge on any atom is 0.0239 e. The molecule has 94 valence electrons. The van der Waals surface area contributed by atoms with E-state index in [-0.39, 0.29) is 0 Å². The summed E-state index contributed by atoms with van der Waals surface area (Å²) in [4.78, 5) is 2.42. The SMILES string of the molecule is CN1CCc2c(c3ccccc3c3ccccc23)C1. The highest BCUT2D eigenvalue weighted by Gasteiger charge is 2.19. The van der Waals surface area contributed by atoms with E-state index in [0.29, 0.717) is 0 Å². The minimum Gasteiger partial charge on any atom is -0.302 e. The second-order valence-electron chi connectivity index (χ2n) is 5.54. The summed E-state index contributed by atoms with van der Waals surface area (Å²) in [6.07, 6.45) is 1.16. The Hall–Kier alpha value is -1.86. The van der Waals surface area contributed by atoms with Gasteiger partial charge in [0.2, 0.25) is 0 Å². The van der Waals surface area contributed by atoms with Gasteiger partial charge >= 0.3 is 0 Å². The van der Waals surface area contributed by atoms with Crippen LogP contribution in [-0.4, -0.2) is 18.5 Å². The summed E-state index contributed by atoms with van der Waals surface area (Å²) in [7, 11) is 2.22. The van der Waals surface area contributed by atoms with Crippen LogP contribution in [0, 0.1) is 0 Å². The molecule has 0 aromatic heterocycles. The van der Waals surface area contributed by atoms with Crippen LogP contribution in [0.1, 0.15) is 11.1 Å². The van der Waals surface area contributed by atoms with E-state index in [9.17, 15) is 0 Å². The van der Waals surface area contributed by atoms with E-state index in [4.69, 9.17) is 0 Å². The smallest absolute Gasteiger partial charge is 0.0239 e. The van der Waals surface area contributed by atoms with E-state index in [1.54, 1.807) is 5.56 Å². The first-order valence-electron chi connectivity index (χ1n) is 6.94. The average molecular weight is 247 g/mol. The summed E-state index contributed by atoms with van der Waals surface area (Å²) in [6, 6.07) is 17.7. The van der Waals surface area contributed by atoms with Crippen molar-refractivity contribution >= 4 is 21.5 Å². The summed E-state index contributed by atoms with van der Waals surface area (Å²) in [6.45, 7) is 2.23.